The molecule has 0 aliphatic heterocycles. The van der Waals surface area contributed by atoms with Gasteiger partial charge >= 0.3 is 0 Å². The van der Waals surface area contributed by atoms with E-state index < -0.39 is 10.0 Å². The second-order valence-corrected chi connectivity index (χ2v) is 11.5. The summed E-state index contributed by atoms with van der Waals surface area (Å²) in [6.45, 7) is 8.06. The molecule has 0 spiro atoms. The molecule has 0 amide bonds. The van der Waals surface area contributed by atoms with E-state index in [0.29, 0.717) is 40.5 Å². The van der Waals surface area contributed by atoms with E-state index in [0.717, 1.165) is 23.1 Å². The fourth-order valence-electron chi connectivity index (χ4n) is 4.79. The Morgan fingerprint density at radius 3 is 2.49 bits per heavy atom. The number of benzene rings is 2. The molecule has 1 saturated carbocycles. The molecule has 8 heteroatoms. The van der Waals surface area contributed by atoms with Gasteiger partial charge in [-0.3, -0.25) is 0 Å². The van der Waals surface area contributed by atoms with Gasteiger partial charge in [0.15, 0.2) is 0 Å². The van der Waals surface area contributed by atoms with Crippen LogP contribution in [0.25, 0.3) is 22.6 Å². The fraction of sp³-hybridized carbons (Fsp3) is 0.333. The maximum atomic E-state index is 13.8. The lowest BCUT2D eigenvalue weighted by atomic mass is 9.92. The highest BCUT2D eigenvalue weighted by molar-refractivity contribution is 7.93. The Labute approximate surface area is 205 Å². The predicted octanol–water partition coefficient (Wildman–Crippen LogP) is 6.20. The Hall–Kier alpha value is -3.39. The van der Waals surface area contributed by atoms with Crippen molar-refractivity contribution in [2.75, 3.05) is 11.4 Å². The minimum absolute atomic E-state index is 0.221. The SMILES string of the molecule is Cc1noc(N(C)S(=O)(=O)c2ccccc2-c2ccc(-c3ncco3)cc2[C@@H]2C[C@@H]2C(C)C)c1C. The van der Waals surface area contributed by atoms with Gasteiger partial charge < -0.3 is 8.94 Å². The molecule has 5 rings (SSSR count). The summed E-state index contributed by atoms with van der Waals surface area (Å²) in [6, 6.07) is 13.2. The van der Waals surface area contributed by atoms with Gasteiger partial charge in [-0.25, -0.2) is 17.7 Å². The van der Waals surface area contributed by atoms with Crippen LogP contribution in [0.4, 0.5) is 5.88 Å². The Morgan fingerprint density at radius 1 is 1.09 bits per heavy atom. The lowest BCUT2D eigenvalue weighted by Crippen LogP contribution is -2.27. The molecule has 2 aromatic carbocycles. The molecule has 4 aromatic rings. The van der Waals surface area contributed by atoms with Crippen molar-refractivity contribution in [3.63, 3.8) is 0 Å². The van der Waals surface area contributed by atoms with Crippen molar-refractivity contribution in [2.24, 2.45) is 11.8 Å². The first-order valence-corrected chi connectivity index (χ1v) is 13.2. The molecule has 1 fully saturated rings. The zero-order valence-corrected chi connectivity index (χ0v) is 21.3. The Morgan fingerprint density at radius 2 is 1.86 bits per heavy atom. The van der Waals surface area contributed by atoms with E-state index in [-0.39, 0.29) is 10.8 Å². The quantitative estimate of drug-likeness (QED) is 0.306. The van der Waals surface area contributed by atoms with Crippen molar-refractivity contribution in [1.82, 2.24) is 10.1 Å². The largest absolute Gasteiger partial charge is 0.445 e. The summed E-state index contributed by atoms with van der Waals surface area (Å²) in [5.74, 6) is 2.23. The summed E-state index contributed by atoms with van der Waals surface area (Å²) in [7, 11) is -2.42. The molecule has 0 unspecified atom stereocenters. The van der Waals surface area contributed by atoms with Crippen molar-refractivity contribution in [3.05, 3.63) is 71.7 Å². The zero-order chi connectivity index (χ0) is 24.9. The topological polar surface area (TPSA) is 89.4 Å². The van der Waals surface area contributed by atoms with Gasteiger partial charge in [0.25, 0.3) is 10.0 Å². The molecular weight excluding hydrogens is 462 g/mol. The third kappa shape index (κ3) is 4.05. The smallest absolute Gasteiger partial charge is 0.267 e. The number of sulfonamides is 1. The van der Waals surface area contributed by atoms with Gasteiger partial charge in [-0.2, -0.15) is 0 Å². The van der Waals surface area contributed by atoms with Gasteiger partial charge in [0.2, 0.25) is 11.8 Å². The van der Waals surface area contributed by atoms with Crippen LogP contribution in [0, 0.1) is 25.7 Å². The number of aryl methyl sites for hydroxylation is 1. The van der Waals surface area contributed by atoms with E-state index in [1.165, 1.54) is 11.4 Å². The number of aromatic nitrogens is 2. The highest BCUT2D eigenvalue weighted by Crippen LogP contribution is 2.55. The lowest BCUT2D eigenvalue weighted by Gasteiger charge is -2.20. The highest BCUT2D eigenvalue weighted by Gasteiger charge is 2.42. The van der Waals surface area contributed by atoms with Crippen LogP contribution >= 0.6 is 0 Å². The summed E-state index contributed by atoms with van der Waals surface area (Å²) < 4.78 is 39.7. The fourth-order valence-corrected chi connectivity index (χ4v) is 6.18. The van der Waals surface area contributed by atoms with Gasteiger partial charge in [-0.15, -0.1) is 0 Å². The Balaban J connectivity index is 1.64. The summed E-state index contributed by atoms with van der Waals surface area (Å²) in [5, 5.41) is 3.93. The van der Waals surface area contributed by atoms with E-state index >= 15 is 0 Å². The third-order valence-corrected chi connectivity index (χ3v) is 8.86. The van der Waals surface area contributed by atoms with Gasteiger partial charge in [0.1, 0.15) is 6.26 Å². The summed E-state index contributed by atoms with van der Waals surface area (Å²) in [4.78, 5) is 4.53. The molecule has 2 heterocycles. The second-order valence-electron chi connectivity index (χ2n) is 9.56. The highest BCUT2D eigenvalue weighted by atomic mass is 32.2. The summed E-state index contributed by atoms with van der Waals surface area (Å²) >= 11 is 0. The minimum Gasteiger partial charge on any atom is -0.445 e. The normalized spacial score (nSPS) is 17.7. The number of anilines is 1. The molecule has 35 heavy (non-hydrogen) atoms. The van der Waals surface area contributed by atoms with Gasteiger partial charge in [0.05, 0.1) is 16.8 Å². The number of rotatable bonds is 7. The van der Waals surface area contributed by atoms with Gasteiger partial charge in [0, 0.05) is 23.7 Å². The average molecular weight is 492 g/mol. The van der Waals surface area contributed by atoms with E-state index in [4.69, 9.17) is 8.94 Å². The number of oxazole rings is 1. The van der Waals surface area contributed by atoms with Gasteiger partial charge in [-0.05, 0) is 67.3 Å². The van der Waals surface area contributed by atoms with E-state index in [1.807, 2.05) is 24.3 Å². The summed E-state index contributed by atoms with van der Waals surface area (Å²) in [5.41, 5.74) is 4.93. The summed E-state index contributed by atoms with van der Waals surface area (Å²) in [6.07, 6.45) is 4.26. The molecule has 0 N–H and O–H groups in total. The van der Waals surface area contributed by atoms with Crippen LogP contribution in [0.3, 0.4) is 0 Å². The molecule has 1 aliphatic carbocycles. The van der Waals surface area contributed by atoms with Crippen LogP contribution < -0.4 is 4.31 Å². The van der Waals surface area contributed by atoms with Crippen molar-refractivity contribution in [3.8, 4) is 22.6 Å². The number of nitrogens with zero attached hydrogens (tertiary/aromatic N) is 3. The molecule has 2 atom stereocenters. The van der Waals surface area contributed by atoms with Crippen LogP contribution in [0.2, 0.25) is 0 Å². The number of hydrogen-bond acceptors (Lipinski definition) is 6. The van der Waals surface area contributed by atoms with Crippen molar-refractivity contribution in [1.29, 1.82) is 0 Å². The minimum atomic E-state index is -3.92. The van der Waals surface area contributed by atoms with Crippen LogP contribution in [0.15, 0.2) is 68.8 Å². The van der Waals surface area contributed by atoms with Crippen LogP contribution in [-0.4, -0.2) is 25.6 Å². The van der Waals surface area contributed by atoms with Crippen molar-refractivity contribution >= 4 is 15.9 Å². The second kappa shape index (κ2) is 8.68. The first-order chi connectivity index (χ1) is 16.7. The first-order valence-electron chi connectivity index (χ1n) is 11.7. The molecule has 0 bridgehead atoms. The van der Waals surface area contributed by atoms with E-state index in [1.54, 1.807) is 38.4 Å². The maximum absolute atomic E-state index is 13.8. The molecule has 2 aromatic heterocycles. The molecule has 0 saturated heterocycles. The van der Waals surface area contributed by atoms with Crippen molar-refractivity contribution < 1.29 is 17.4 Å². The average Bonchev–Trinajstić information content (AvgIpc) is 3.34. The van der Waals surface area contributed by atoms with Crippen molar-refractivity contribution in [2.45, 2.75) is 44.9 Å². The molecular formula is C27H29N3O4S. The molecule has 182 valence electrons. The van der Waals surface area contributed by atoms with E-state index in [9.17, 15) is 8.42 Å². The van der Waals surface area contributed by atoms with Gasteiger partial charge in [-0.1, -0.05) is 43.3 Å². The van der Waals surface area contributed by atoms with Crippen LogP contribution in [-0.2, 0) is 10.0 Å². The lowest BCUT2D eigenvalue weighted by molar-refractivity contribution is 0.422. The third-order valence-electron chi connectivity index (χ3n) is 7.06. The van der Waals surface area contributed by atoms with Crippen LogP contribution in [0.5, 0.6) is 0 Å². The van der Waals surface area contributed by atoms with E-state index in [2.05, 4.69) is 30.1 Å². The standard InChI is InChI=1S/C27H29N3O4S/c1-16(2)22-15-24(22)23-14-19(26-28-12-13-33-26)10-11-20(23)21-8-6-7-9-25(21)35(31,32)30(5)27-17(3)18(4)29-34-27/h6-14,16,22,24H,15H2,1-5H3/t22-,24-/m1/s1. The monoisotopic (exact) mass is 491 g/mol. The molecule has 7 nitrogen and oxygen atoms in total. The van der Waals surface area contributed by atoms with Crippen LogP contribution in [0.1, 0.15) is 43.0 Å². The molecule has 1 aliphatic rings. The Kier molecular flexibility index (Phi) is 5.79. The first kappa shape index (κ1) is 23.4. The predicted molar refractivity (Wildman–Crippen MR) is 135 cm³/mol. The number of hydrogen-bond donors (Lipinski definition) is 0. The Bertz CT molecular complexity index is 1470. The zero-order valence-electron chi connectivity index (χ0n) is 20.5. The molecule has 0 radical (unpaired) electrons. The maximum Gasteiger partial charge on any atom is 0.267 e.